The van der Waals surface area contributed by atoms with Crippen LogP contribution in [0.4, 0.5) is 0 Å². The average molecular weight is 334 g/mol. The van der Waals surface area contributed by atoms with E-state index in [1.54, 1.807) is 0 Å². The molecule has 2 aliphatic rings. The van der Waals surface area contributed by atoms with Gasteiger partial charge in [0.1, 0.15) is 11.4 Å². The summed E-state index contributed by atoms with van der Waals surface area (Å²) in [5, 5.41) is 0.724. The number of allylic oxidation sites excluding steroid dienone is 1. The lowest BCUT2D eigenvalue weighted by Crippen LogP contribution is -2.39. The van der Waals surface area contributed by atoms with Crippen LogP contribution in [0, 0.1) is 0 Å². The molecule has 0 radical (unpaired) electrons. The molecule has 0 bridgehead atoms. The Morgan fingerprint density at radius 1 is 1.17 bits per heavy atom. The van der Waals surface area contributed by atoms with E-state index >= 15 is 0 Å². The molecule has 3 nitrogen and oxygen atoms in total. The number of rotatable bonds is 2. The molecular formula is C19H24ClNO2. The first kappa shape index (κ1) is 16.4. The standard InChI is InChI=1S/C19H24ClNO2/c1-14-17(18(22)21-12-4-3-5-13-21)10-11-19(2,23-14)15-6-8-16(20)9-7-15/h6-9H,3-5,10-13H2,1-2H3. The quantitative estimate of drug-likeness (QED) is 0.788. The normalized spacial score (nSPS) is 25.3. The Labute approximate surface area is 143 Å². The van der Waals surface area contributed by atoms with Gasteiger partial charge in [0, 0.05) is 18.1 Å². The van der Waals surface area contributed by atoms with Crippen molar-refractivity contribution in [2.24, 2.45) is 0 Å². The van der Waals surface area contributed by atoms with Gasteiger partial charge in [-0.3, -0.25) is 4.79 Å². The maximum atomic E-state index is 12.7. The summed E-state index contributed by atoms with van der Waals surface area (Å²) < 4.78 is 6.21. The molecule has 1 atom stereocenters. The van der Waals surface area contributed by atoms with Crippen LogP contribution in [-0.4, -0.2) is 23.9 Å². The Morgan fingerprint density at radius 3 is 2.43 bits per heavy atom. The third-order valence-corrected chi connectivity index (χ3v) is 5.26. The molecule has 2 aliphatic heterocycles. The summed E-state index contributed by atoms with van der Waals surface area (Å²) in [6, 6.07) is 7.79. The molecule has 0 spiro atoms. The van der Waals surface area contributed by atoms with Crippen LogP contribution in [-0.2, 0) is 15.1 Å². The maximum absolute atomic E-state index is 12.7. The number of hydrogen-bond donors (Lipinski definition) is 0. The number of carbonyl (C=O) groups is 1. The van der Waals surface area contributed by atoms with Gasteiger partial charge < -0.3 is 9.64 Å². The third-order valence-electron chi connectivity index (χ3n) is 5.01. The Hall–Kier alpha value is -1.48. The smallest absolute Gasteiger partial charge is 0.253 e. The molecule has 2 heterocycles. The highest BCUT2D eigenvalue weighted by atomic mass is 35.5. The molecular weight excluding hydrogens is 310 g/mol. The van der Waals surface area contributed by atoms with Crippen molar-refractivity contribution < 1.29 is 9.53 Å². The van der Waals surface area contributed by atoms with E-state index in [1.807, 2.05) is 36.1 Å². The highest BCUT2D eigenvalue weighted by Crippen LogP contribution is 2.40. The summed E-state index contributed by atoms with van der Waals surface area (Å²) in [6.45, 7) is 5.76. The Balaban J connectivity index is 1.78. The van der Waals surface area contributed by atoms with Gasteiger partial charge in [0.05, 0.1) is 5.57 Å². The number of likely N-dealkylation sites (tertiary alicyclic amines) is 1. The minimum atomic E-state index is -0.389. The zero-order valence-corrected chi connectivity index (χ0v) is 14.7. The number of benzene rings is 1. The number of carbonyl (C=O) groups excluding carboxylic acids is 1. The van der Waals surface area contributed by atoms with Crippen LogP contribution in [0.3, 0.4) is 0 Å². The van der Waals surface area contributed by atoms with Crippen LogP contribution in [0.1, 0.15) is 51.5 Å². The average Bonchev–Trinajstić information content (AvgIpc) is 2.56. The lowest BCUT2D eigenvalue weighted by Gasteiger charge is -2.38. The molecule has 0 aliphatic carbocycles. The molecule has 0 N–H and O–H groups in total. The van der Waals surface area contributed by atoms with E-state index in [0.717, 1.165) is 60.7 Å². The van der Waals surface area contributed by atoms with Crippen LogP contribution in [0.15, 0.2) is 35.6 Å². The number of hydrogen-bond acceptors (Lipinski definition) is 2. The van der Waals surface area contributed by atoms with Crippen molar-refractivity contribution in [2.45, 2.75) is 51.6 Å². The van der Waals surface area contributed by atoms with Gasteiger partial charge in [0.15, 0.2) is 0 Å². The molecule has 1 aromatic carbocycles. The van der Waals surface area contributed by atoms with Crippen molar-refractivity contribution >= 4 is 17.5 Å². The number of piperidine rings is 1. The second kappa shape index (κ2) is 6.56. The fraction of sp³-hybridized carbons (Fsp3) is 0.526. The van der Waals surface area contributed by atoms with Crippen LogP contribution < -0.4 is 0 Å². The molecule has 1 fully saturated rings. The molecule has 0 aromatic heterocycles. The lowest BCUT2D eigenvalue weighted by molar-refractivity contribution is -0.129. The largest absolute Gasteiger partial charge is 0.487 e. The predicted molar refractivity (Wildman–Crippen MR) is 92.3 cm³/mol. The lowest BCUT2D eigenvalue weighted by atomic mass is 9.86. The summed E-state index contributed by atoms with van der Waals surface area (Å²) in [4.78, 5) is 14.7. The van der Waals surface area contributed by atoms with Gasteiger partial charge in [0.25, 0.3) is 5.91 Å². The molecule has 1 unspecified atom stereocenters. The highest BCUT2D eigenvalue weighted by molar-refractivity contribution is 6.30. The van der Waals surface area contributed by atoms with Crippen molar-refractivity contribution in [1.82, 2.24) is 4.90 Å². The monoisotopic (exact) mass is 333 g/mol. The number of amides is 1. The first-order chi connectivity index (χ1) is 11.0. The van der Waals surface area contributed by atoms with E-state index in [0.29, 0.717) is 0 Å². The number of ether oxygens (including phenoxy) is 1. The molecule has 4 heteroatoms. The van der Waals surface area contributed by atoms with E-state index < -0.39 is 0 Å². The first-order valence-electron chi connectivity index (χ1n) is 8.44. The van der Waals surface area contributed by atoms with Crippen molar-refractivity contribution in [2.75, 3.05) is 13.1 Å². The highest BCUT2D eigenvalue weighted by Gasteiger charge is 2.36. The van der Waals surface area contributed by atoms with Crippen LogP contribution in [0.2, 0.25) is 5.02 Å². The summed E-state index contributed by atoms with van der Waals surface area (Å²) in [5.41, 5.74) is 1.56. The Kier molecular flexibility index (Phi) is 4.67. The fourth-order valence-corrected chi connectivity index (χ4v) is 3.67. The first-order valence-corrected chi connectivity index (χ1v) is 8.81. The molecule has 0 saturated carbocycles. The van der Waals surface area contributed by atoms with E-state index in [1.165, 1.54) is 6.42 Å². The van der Waals surface area contributed by atoms with Gasteiger partial charge in [-0.1, -0.05) is 23.7 Å². The molecule has 1 amide bonds. The molecule has 124 valence electrons. The second-order valence-electron chi connectivity index (χ2n) is 6.73. The predicted octanol–water partition coefficient (Wildman–Crippen LogP) is 4.65. The summed E-state index contributed by atoms with van der Waals surface area (Å²) in [5.74, 6) is 0.935. The number of nitrogens with zero attached hydrogens (tertiary/aromatic N) is 1. The van der Waals surface area contributed by atoms with Crippen molar-refractivity contribution in [3.63, 3.8) is 0 Å². The van der Waals surface area contributed by atoms with Gasteiger partial charge in [0.2, 0.25) is 0 Å². The van der Waals surface area contributed by atoms with Gasteiger partial charge in [-0.2, -0.15) is 0 Å². The second-order valence-corrected chi connectivity index (χ2v) is 7.16. The zero-order chi connectivity index (χ0) is 16.4. The Bertz CT molecular complexity index is 617. The minimum Gasteiger partial charge on any atom is -0.487 e. The van der Waals surface area contributed by atoms with Crippen molar-refractivity contribution in [3.8, 4) is 0 Å². The third kappa shape index (κ3) is 3.40. The van der Waals surface area contributed by atoms with Crippen LogP contribution in [0.25, 0.3) is 0 Å². The summed E-state index contributed by atoms with van der Waals surface area (Å²) in [6.07, 6.45) is 5.02. The van der Waals surface area contributed by atoms with E-state index in [2.05, 4.69) is 6.92 Å². The van der Waals surface area contributed by atoms with Gasteiger partial charge in [-0.05, 0) is 63.6 Å². The van der Waals surface area contributed by atoms with Crippen LogP contribution >= 0.6 is 11.6 Å². The van der Waals surface area contributed by atoms with E-state index in [-0.39, 0.29) is 11.5 Å². The maximum Gasteiger partial charge on any atom is 0.253 e. The van der Waals surface area contributed by atoms with Gasteiger partial charge in [-0.15, -0.1) is 0 Å². The number of halogens is 1. The molecule has 1 saturated heterocycles. The van der Waals surface area contributed by atoms with Crippen LogP contribution in [0.5, 0.6) is 0 Å². The van der Waals surface area contributed by atoms with E-state index in [4.69, 9.17) is 16.3 Å². The minimum absolute atomic E-state index is 0.167. The van der Waals surface area contributed by atoms with Crippen molar-refractivity contribution in [3.05, 3.63) is 46.2 Å². The van der Waals surface area contributed by atoms with E-state index in [9.17, 15) is 4.79 Å². The van der Waals surface area contributed by atoms with Gasteiger partial charge in [-0.25, -0.2) is 0 Å². The van der Waals surface area contributed by atoms with Gasteiger partial charge >= 0.3 is 0 Å². The molecule has 23 heavy (non-hydrogen) atoms. The zero-order valence-electron chi connectivity index (χ0n) is 13.9. The molecule has 3 rings (SSSR count). The fourth-order valence-electron chi connectivity index (χ4n) is 3.54. The SMILES string of the molecule is CC1=C(C(=O)N2CCCCC2)CCC(C)(c2ccc(Cl)cc2)O1. The summed E-state index contributed by atoms with van der Waals surface area (Å²) in [7, 11) is 0. The topological polar surface area (TPSA) is 29.5 Å². The van der Waals surface area contributed by atoms with Crippen molar-refractivity contribution in [1.29, 1.82) is 0 Å². The Morgan fingerprint density at radius 2 is 1.83 bits per heavy atom. The molecule has 1 aromatic rings. The summed E-state index contributed by atoms with van der Waals surface area (Å²) >= 11 is 5.98.